The van der Waals surface area contributed by atoms with Crippen LogP contribution < -0.4 is 0 Å². The maximum absolute atomic E-state index is 11.1. The van der Waals surface area contributed by atoms with Gasteiger partial charge in [0, 0.05) is 16.5 Å². The molecule has 1 aliphatic carbocycles. The van der Waals surface area contributed by atoms with Gasteiger partial charge in [-0.25, -0.2) is 0 Å². The van der Waals surface area contributed by atoms with E-state index >= 15 is 0 Å². The normalized spacial score (nSPS) is 25.8. The van der Waals surface area contributed by atoms with Crippen molar-refractivity contribution < 1.29 is 4.92 Å². The molecule has 0 radical (unpaired) electrons. The first-order valence-electron chi connectivity index (χ1n) is 7.89. The summed E-state index contributed by atoms with van der Waals surface area (Å²) in [5, 5.41) is 11.1. The van der Waals surface area contributed by atoms with E-state index in [0.29, 0.717) is 10.7 Å². The summed E-state index contributed by atoms with van der Waals surface area (Å²) in [5.74, 6) is 1.42. The van der Waals surface area contributed by atoms with Gasteiger partial charge < -0.3 is 0 Å². The van der Waals surface area contributed by atoms with Crippen LogP contribution in [0.15, 0.2) is 18.2 Å². The minimum Gasteiger partial charge on any atom is -0.258 e. The Morgan fingerprint density at radius 3 is 2.81 bits per heavy atom. The number of benzene rings is 1. The van der Waals surface area contributed by atoms with Gasteiger partial charge in [0.1, 0.15) is 0 Å². The van der Waals surface area contributed by atoms with Gasteiger partial charge in [0.25, 0.3) is 5.69 Å². The number of hydrogen-bond acceptors (Lipinski definition) is 2. The molecule has 116 valence electrons. The molecule has 3 atom stereocenters. The summed E-state index contributed by atoms with van der Waals surface area (Å²) in [6.07, 6.45) is 7.29. The number of nitro groups is 1. The molecule has 1 aromatic carbocycles. The molecule has 1 aromatic rings. The molecule has 0 N–H and O–H groups in total. The van der Waals surface area contributed by atoms with Crippen LogP contribution >= 0.6 is 15.9 Å². The maximum atomic E-state index is 11.1. The lowest BCUT2D eigenvalue weighted by Gasteiger charge is -2.33. The van der Waals surface area contributed by atoms with Crippen LogP contribution in [0, 0.1) is 28.9 Å². The fourth-order valence-electron chi connectivity index (χ4n) is 3.58. The van der Waals surface area contributed by atoms with Gasteiger partial charge in [-0.1, -0.05) is 47.8 Å². The van der Waals surface area contributed by atoms with Crippen LogP contribution in [0.4, 0.5) is 5.69 Å². The average molecular weight is 354 g/mol. The quantitative estimate of drug-likeness (QED) is 0.402. The van der Waals surface area contributed by atoms with Crippen molar-refractivity contribution in [2.75, 3.05) is 0 Å². The molecule has 1 saturated carbocycles. The van der Waals surface area contributed by atoms with E-state index in [2.05, 4.69) is 22.9 Å². The lowest BCUT2D eigenvalue weighted by Crippen LogP contribution is -2.27. The minimum atomic E-state index is -0.273. The number of hydrogen-bond donors (Lipinski definition) is 0. The van der Waals surface area contributed by atoms with Crippen molar-refractivity contribution in [3.05, 3.63) is 39.4 Å². The third-order valence-corrected chi connectivity index (χ3v) is 6.00. The lowest BCUT2D eigenvalue weighted by molar-refractivity contribution is -0.385. The second kappa shape index (κ2) is 7.39. The fourth-order valence-corrected chi connectivity index (χ4v) is 4.24. The van der Waals surface area contributed by atoms with E-state index in [1.165, 1.54) is 32.1 Å². The van der Waals surface area contributed by atoms with Gasteiger partial charge in [-0.05, 0) is 50.0 Å². The summed E-state index contributed by atoms with van der Waals surface area (Å²) >= 11 is 3.83. The Hall–Kier alpha value is -0.900. The highest BCUT2D eigenvalue weighted by molar-refractivity contribution is 9.09. The van der Waals surface area contributed by atoms with Gasteiger partial charge in [0.15, 0.2) is 0 Å². The molecule has 1 aliphatic rings. The van der Waals surface area contributed by atoms with Crippen molar-refractivity contribution in [3.63, 3.8) is 0 Å². The minimum absolute atomic E-state index is 0.250. The highest BCUT2D eigenvalue weighted by atomic mass is 79.9. The Balaban J connectivity index is 2.13. The zero-order valence-electron chi connectivity index (χ0n) is 12.8. The standard InChI is InChI=1S/C17H24BrNO2/c1-3-5-13-8-9-16(18)15(10-13)11-14-6-4-7-17(12(14)2)19(20)21/h4,6-7,13,15-16H,3,5,8-11H2,1-2H3. The Kier molecular flexibility index (Phi) is 5.80. The zero-order valence-corrected chi connectivity index (χ0v) is 14.4. The Morgan fingerprint density at radius 1 is 1.38 bits per heavy atom. The predicted molar refractivity (Wildman–Crippen MR) is 90.0 cm³/mol. The summed E-state index contributed by atoms with van der Waals surface area (Å²) in [6, 6.07) is 5.47. The smallest absolute Gasteiger partial charge is 0.258 e. The molecule has 2 rings (SSSR count). The molecule has 4 heteroatoms. The van der Waals surface area contributed by atoms with E-state index in [1.807, 2.05) is 19.1 Å². The van der Waals surface area contributed by atoms with Crippen LogP contribution in [0.1, 0.15) is 50.2 Å². The number of nitrogens with zero attached hydrogens (tertiary/aromatic N) is 1. The van der Waals surface area contributed by atoms with Crippen LogP contribution in [-0.4, -0.2) is 9.75 Å². The first-order valence-corrected chi connectivity index (χ1v) is 8.81. The summed E-state index contributed by atoms with van der Waals surface area (Å²) < 4.78 is 0. The van der Waals surface area contributed by atoms with Crippen LogP contribution in [0.5, 0.6) is 0 Å². The Labute approximate surface area is 135 Å². The summed E-state index contributed by atoms with van der Waals surface area (Å²) in [7, 11) is 0. The molecule has 0 saturated heterocycles. The zero-order chi connectivity index (χ0) is 15.4. The summed E-state index contributed by atoms with van der Waals surface area (Å²) in [6.45, 7) is 4.13. The van der Waals surface area contributed by atoms with Gasteiger partial charge in [0.05, 0.1) is 4.92 Å². The van der Waals surface area contributed by atoms with Crippen LogP contribution in [0.2, 0.25) is 0 Å². The van der Waals surface area contributed by atoms with Gasteiger partial charge in [0.2, 0.25) is 0 Å². The van der Waals surface area contributed by atoms with Crippen LogP contribution in [0.3, 0.4) is 0 Å². The third kappa shape index (κ3) is 4.06. The molecule has 0 bridgehead atoms. The molecule has 0 amide bonds. The van der Waals surface area contributed by atoms with Crippen LogP contribution in [-0.2, 0) is 6.42 Å². The summed E-state index contributed by atoms with van der Waals surface area (Å²) in [5.41, 5.74) is 2.22. The molecule has 21 heavy (non-hydrogen) atoms. The molecule has 3 unspecified atom stereocenters. The van der Waals surface area contributed by atoms with Crippen molar-refractivity contribution >= 4 is 21.6 Å². The molecular weight excluding hydrogens is 330 g/mol. The van der Waals surface area contributed by atoms with E-state index in [1.54, 1.807) is 6.07 Å². The van der Waals surface area contributed by atoms with E-state index < -0.39 is 0 Å². The molecule has 1 fully saturated rings. The van der Waals surface area contributed by atoms with E-state index in [0.717, 1.165) is 23.5 Å². The van der Waals surface area contributed by atoms with Crippen molar-refractivity contribution in [1.82, 2.24) is 0 Å². The topological polar surface area (TPSA) is 43.1 Å². The highest BCUT2D eigenvalue weighted by Crippen LogP contribution is 2.38. The van der Waals surface area contributed by atoms with Crippen LogP contribution in [0.25, 0.3) is 0 Å². The number of rotatable bonds is 5. The number of alkyl halides is 1. The third-order valence-electron chi connectivity index (χ3n) is 4.79. The van der Waals surface area contributed by atoms with E-state index in [9.17, 15) is 10.1 Å². The molecule has 3 nitrogen and oxygen atoms in total. The predicted octanol–water partition coefficient (Wildman–Crippen LogP) is 5.43. The average Bonchev–Trinajstić information content (AvgIpc) is 2.44. The molecular formula is C17H24BrNO2. The van der Waals surface area contributed by atoms with Crippen molar-refractivity contribution in [2.45, 2.75) is 57.2 Å². The molecule has 0 aromatic heterocycles. The molecule has 0 aliphatic heterocycles. The van der Waals surface area contributed by atoms with Crippen molar-refractivity contribution in [3.8, 4) is 0 Å². The summed E-state index contributed by atoms with van der Waals surface area (Å²) in [4.78, 5) is 11.3. The SMILES string of the molecule is CCCC1CCC(Br)C(Cc2cccc([N+](=O)[O-])c2C)C1. The number of halogens is 1. The van der Waals surface area contributed by atoms with Gasteiger partial charge in [-0.2, -0.15) is 0 Å². The van der Waals surface area contributed by atoms with E-state index in [4.69, 9.17) is 0 Å². The molecule has 0 spiro atoms. The van der Waals surface area contributed by atoms with Crippen molar-refractivity contribution in [1.29, 1.82) is 0 Å². The van der Waals surface area contributed by atoms with Gasteiger partial charge in [-0.15, -0.1) is 0 Å². The monoisotopic (exact) mass is 353 g/mol. The Bertz CT molecular complexity index is 504. The highest BCUT2D eigenvalue weighted by Gasteiger charge is 2.29. The fraction of sp³-hybridized carbons (Fsp3) is 0.647. The first kappa shape index (κ1) is 16.5. The second-order valence-electron chi connectivity index (χ2n) is 6.27. The molecule has 0 heterocycles. The second-order valence-corrected chi connectivity index (χ2v) is 7.44. The van der Waals surface area contributed by atoms with E-state index in [-0.39, 0.29) is 10.6 Å². The number of nitro benzene ring substituents is 1. The largest absolute Gasteiger partial charge is 0.272 e. The van der Waals surface area contributed by atoms with Gasteiger partial charge in [-0.3, -0.25) is 10.1 Å². The first-order chi connectivity index (χ1) is 10.0. The Morgan fingerprint density at radius 2 is 2.14 bits per heavy atom. The van der Waals surface area contributed by atoms with Crippen molar-refractivity contribution in [2.24, 2.45) is 11.8 Å². The maximum Gasteiger partial charge on any atom is 0.272 e. The van der Waals surface area contributed by atoms with Gasteiger partial charge >= 0.3 is 0 Å². The lowest BCUT2D eigenvalue weighted by atomic mass is 9.76.